The molecular formula is C29H21ClF3N3O4. The zero-order valence-corrected chi connectivity index (χ0v) is 22.0. The molecule has 7 nitrogen and oxygen atoms in total. The first-order valence-electron chi connectivity index (χ1n) is 11.9. The van der Waals surface area contributed by atoms with E-state index in [0.717, 1.165) is 12.1 Å². The molecule has 40 heavy (non-hydrogen) atoms. The minimum atomic E-state index is -1.13. The van der Waals surface area contributed by atoms with Gasteiger partial charge >= 0.3 is 5.97 Å². The number of pyridine rings is 1. The Morgan fingerprint density at radius 2 is 1.75 bits per heavy atom. The molecule has 5 aromatic rings. The summed E-state index contributed by atoms with van der Waals surface area (Å²) >= 11 is 5.77. The average Bonchev–Trinajstić information content (AvgIpc) is 3.24. The molecule has 2 aromatic heterocycles. The molecule has 3 aromatic carbocycles. The van der Waals surface area contributed by atoms with Gasteiger partial charge in [0.25, 0.3) is 0 Å². The third-order valence-corrected chi connectivity index (χ3v) is 6.62. The lowest BCUT2D eigenvalue weighted by Gasteiger charge is -2.11. The highest BCUT2D eigenvalue weighted by Gasteiger charge is 2.19. The predicted molar refractivity (Wildman–Crippen MR) is 142 cm³/mol. The Kier molecular flexibility index (Phi) is 7.36. The number of carbonyl (C=O) groups is 1. The topological polar surface area (TPSA) is 86.5 Å². The lowest BCUT2D eigenvalue weighted by atomic mass is 10.0. The largest absolute Gasteiger partial charge is 0.494 e. The minimum absolute atomic E-state index is 0.0116. The molecule has 0 atom stereocenters. The Hall–Kier alpha value is -4.57. The summed E-state index contributed by atoms with van der Waals surface area (Å²) in [6, 6.07) is 13.7. The molecule has 5 rings (SSSR count). The molecule has 11 heteroatoms. The van der Waals surface area contributed by atoms with E-state index in [0.29, 0.717) is 16.9 Å². The van der Waals surface area contributed by atoms with Gasteiger partial charge in [-0.2, -0.15) is 0 Å². The fourth-order valence-corrected chi connectivity index (χ4v) is 4.43. The molecule has 0 unspecified atom stereocenters. The first kappa shape index (κ1) is 27.0. The molecule has 0 aliphatic heterocycles. The molecule has 2 heterocycles. The number of fused-ring (bicyclic) bond motifs is 1. The fourth-order valence-electron chi connectivity index (χ4n) is 4.27. The van der Waals surface area contributed by atoms with Crippen LogP contribution in [0.5, 0.6) is 11.6 Å². The number of rotatable bonds is 8. The maximum atomic E-state index is 15.2. The Morgan fingerprint density at radius 1 is 0.975 bits per heavy atom. The van der Waals surface area contributed by atoms with Crippen LogP contribution in [-0.2, 0) is 20.1 Å². The Bertz CT molecular complexity index is 1770. The smallest absolute Gasteiger partial charge is 0.335 e. The molecule has 204 valence electrons. The first-order chi connectivity index (χ1) is 19.1. The van der Waals surface area contributed by atoms with Gasteiger partial charge in [-0.3, -0.25) is 0 Å². The van der Waals surface area contributed by atoms with Crippen molar-refractivity contribution in [3.8, 4) is 22.9 Å². The molecular weight excluding hydrogens is 547 g/mol. The van der Waals surface area contributed by atoms with E-state index in [9.17, 15) is 14.3 Å². The maximum Gasteiger partial charge on any atom is 0.335 e. The summed E-state index contributed by atoms with van der Waals surface area (Å²) < 4.78 is 57.0. The van der Waals surface area contributed by atoms with E-state index in [1.807, 2.05) is 0 Å². The zero-order valence-electron chi connectivity index (χ0n) is 21.2. The molecule has 0 saturated heterocycles. The van der Waals surface area contributed by atoms with Crippen LogP contribution in [-0.4, -0.2) is 32.7 Å². The van der Waals surface area contributed by atoms with E-state index < -0.39 is 23.4 Å². The van der Waals surface area contributed by atoms with E-state index in [1.54, 1.807) is 17.7 Å². The number of carboxylic acids is 1. The van der Waals surface area contributed by atoms with Crippen LogP contribution >= 0.6 is 11.6 Å². The molecule has 0 aliphatic carbocycles. The van der Waals surface area contributed by atoms with Gasteiger partial charge in [0.2, 0.25) is 5.88 Å². The number of nitrogens with zero attached hydrogens (tertiary/aromatic N) is 3. The van der Waals surface area contributed by atoms with Crippen molar-refractivity contribution < 1.29 is 32.5 Å². The number of hydrogen-bond acceptors (Lipinski definition) is 5. The van der Waals surface area contributed by atoms with Gasteiger partial charge in [-0.15, -0.1) is 0 Å². The number of aromatic nitrogens is 3. The highest BCUT2D eigenvalue weighted by atomic mass is 35.5. The van der Waals surface area contributed by atoms with Gasteiger partial charge in [0.05, 0.1) is 23.9 Å². The van der Waals surface area contributed by atoms with Crippen LogP contribution in [0.1, 0.15) is 27.3 Å². The van der Waals surface area contributed by atoms with Crippen LogP contribution in [0, 0.1) is 17.5 Å². The monoisotopic (exact) mass is 567 g/mol. The molecule has 1 N–H and O–H groups in total. The van der Waals surface area contributed by atoms with Crippen LogP contribution in [0.4, 0.5) is 13.2 Å². The van der Waals surface area contributed by atoms with E-state index in [1.165, 1.54) is 49.6 Å². The van der Waals surface area contributed by atoms with Crippen molar-refractivity contribution in [3.05, 3.63) is 106 Å². The third-order valence-electron chi connectivity index (χ3n) is 6.39. The first-order valence-corrected chi connectivity index (χ1v) is 12.3. The second-order valence-corrected chi connectivity index (χ2v) is 9.36. The van der Waals surface area contributed by atoms with Crippen molar-refractivity contribution in [2.24, 2.45) is 7.05 Å². The van der Waals surface area contributed by atoms with E-state index in [-0.39, 0.29) is 57.6 Å². The zero-order chi connectivity index (χ0) is 28.6. The number of hydrogen-bond donors (Lipinski definition) is 1. The van der Waals surface area contributed by atoms with E-state index in [4.69, 9.17) is 21.1 Å². The van der Waals surface area contributed by atoms with Crippen molar-refractivity contribution in [1.29, 1.82) is 0 Å². The van der Waals surface area contributed by atoms with Crippen LogP contribution in [0.3, 0.4) is 0 Å². The number of aromatic carboxylic acids is 1. The molecule has 0 radical (unpaired) electrons. The minimum Gasteiger partial charge on any atom is -0.494 e. The highest BCUT2D eigenvalue weighted by molar-refractivity contribution is 6.30. The Morgan fingerprint density at radius 3 is 2.48 bits per heavy atom. The number of carboxylic acid groups (broad SMARTS) is 1. The molecule has 0 saturated carbocycles. The number of aryl methyl sites for hydroxylation is 1. The second kappa shape index (κ2) is 10.9. The van der Waals surface area contributed by atoms with Crippen molar-refractivity contribution in [1.82, 2.24) is 14.5 Å². The number of halogens is 4. The maximum absolute atomic E-state index is 15.2. The van der Waals surface area contributed by atoms with Crippen molar-refractivity contribution in [3.63, 3.8) is 0 Å². The quantitative estimate of drug-likeness (QED) is 0.228. The molecule has 0 bridgehead atoms. The van der Waals surface area contributed by atoms with Crippen LogP contribution in [0.2, 0.25) is 5.02 Å². The normalized spacial score (nSPS) is 11.2. The summed E-state index contributed by atoms with van der Waals surface area (Å²) in [7, 11) is 3.05. The summed E-state index contributed by atoms with van der Waals surface area (Å²) in [5.41, 5.74) is 1.25. The van der Waals surface area contributed by atoms with Gasteiger partial charge in [-0.25, -0.2) is 27.9 Å². The fraction of sp³-hybridized carbons (Fsp3) is 0.138. The number of imidazole rings is 1. The Labute approximate surface area is 231 Å². The number of methoxy groups -OCH3 is 1. The lowest BCUT2D eigenvalue weighted by molar-refractivity contribution is 0.0696. The molecule has 0 aliphatic rings. The van der Waals surface area contributed by atoms with Crippen LogP contribution in [0.25, 0.3) is 22.3 Å². The van der Waals surface area contributed by atoms with Gasteiger partial charge in [0.15, 0.2) is 0 Å². The van der Waals surface area contributed by atoms with Gasteiger partial charge in [0.1, 0.15) is 41.1 Å². The van der Waals surface area contributed by atoms with Crippen LogP contribution in [0.15, 0.2) is 60.7 Å². The van der Waals surface area contributed by atoms with E-state index >= 15 is 8.78 Å². The van der Waals surface area contributed by atoms with Crippen molar-refractivity contribution >= 4 is 28.6 Å². The number of benzene rings is 3. The van der Waals surface area contributed by atoms with Crippen molar-refractivity contribution in [2.75, 3.05) is 7.11 Å². The highest BCUT2D eigenvalue weighted by Crippen LogP contribution is 2.31. The Balaban J connectivity index is 1.41. The number of ether oxygens (including phenoxy) is 2. The second-order valence-electron chi connectivity index (χ2n) is 8.92. The lowest BCUT2D eigenvalue weighted by Crippen LogP contribution is -2.03. The molecule has 0 spiro atoms. The van der Waals surface area contributed by atoms with Gasteiger partial charge in [-0.05, 0) is 48.0 Å². The molecule has 0 amide bonds. The van der Waals surface area contributed by atoms with Crippen LogP contribution < -0.4 is 9.47 Å². The van der Waals surface area contributed by atoms with Gasteiger partial charge in [-0.1, -0.05) is 23.7 Å². The SMILES string of the molecule is COc1cc(C(=O)O)cc2c1nc(Cc1cc(F)c(-c3cccc(OCc4ccc(Cl)cc4F)n3)cc1F)n2C. The average molecular weight is 568 g/mol. The van der Waals surface area contributed by atoms with E-state index in [2.05, 4.69) is 9.97 Å². The molecule has 0 fully saturated rings. The van der Waals surface area contributed by atoms with Crippen molar-refractivity contribution in [2.45, 2.75) is 13.0 Å². The predicted octanol–water partition coefficient (Wildman–Crippen LogP) is 6.58. The summed E-state index contributed by atoms with van der Waals surface area (Å²) in [6.07, 6.45) is -0.0665. The summed E-state index contributed by atoms with van der Waals surface area (Å²) in [4.78, 5) is 20.2. The third kappa shape index (κ3) is 5.30. The van der Waals surface area contributed by atoms with Gasteiger partial charge in [0, 0.05) is 35.7 Å². The van der Waals surface area contributed by atoms with Gasteiger partial charge < -0.3 is 19.1 Å². The standard InChI is InChI=1S/C29H21ClF3N3O4/c1-36-24-9-17(29(37)38)10-25(39-2)28(24)35-26(36)11-16-8-22(33)19(13-21(16)32)23-4-3-5-27(34-23)40-14-15-6-7-18(30)12-20(15)31/h3-10,12-13H,11,14H2,1-2H3,(H,37,38). The summed E-state index contributed by atoms with van der Waals surface area (Å²) in [5.74, 6) is -2.33. The summed E-state index contributed by atoms with van der Waals surface area (Å²) in [5, 5.41) is 9.65. The summed E-state index contributed by atoms with van der Waals surface area (Å²) in [6.45, 7) is -0.133.